The molecule has 0 radical (unpaired) electrons. The van der Waals surface area contributed by atoms with Crippen molar-refractivity contribution in [2.75, 3.05) is 39.0 Å². The van der Waals surface area contributed by atoms with Crippen molar-refractivity contribution in [2.45, 2.75) is 32.2 Å². The maximum Gasteiger partial charge on any atom is 0.138 e. The lowest BCUT2D eigenvalue weighted by atomic mass is 10.0. The van der Waals surface area contributed by atoms with Crippen molar-refractivity contribution in [2.24, 2.45) is 5.92 Å². The van der Waals surface area contributed by atoms with E-state index in [1.54, 1.807) is 12.3 Å². The highest BCUT2D eigenvalue weighted by molar-refractivity contribution is 6.00. The normalized spacial score (nSPS) is 13.9. The molecule has 0 atom stereocenters. The molecule has 9 heteroatoms. The van der Waals surface area contributed by atoms with Crippen LogP contribution in [0.5, 0.6) is 0 Å². The molecule has 8 nitrogen and oxygen atoms in total. The maximum absolute atomic E-state index is 14.7. The van der Waals surface area contributed by atoms with Gasteiger partial charge in [-0.2, -0.15) is 5.10 Å². The highest BCUT2D eigenvalue weighted by Gasteiger charge is 2.17. The Hall–Kier alpha value is -4.60. The third-order valence-electron chi connectivity index (χ3n) is 8.81. The van der Waals surface area contributed by atoms with Crippen LogP contribution in [0.25, 0.3) is 55.6 Å². The lowest BCUT2D eigenvalue weighted by Gasteiger charge is -2.13. The topological polar surface area (TPSA) is 97.5 Å². The molecule has 230 valence electrons. The molecule has 0 bridgehead atoms. The molecule has 4 aromatic heterocycles. The van der Waals surface area contributed by atoms with Crippen molar-refractivity contribution >= 4 is 27.6 Å². The average molecular weight is 603 g/mol. The smallest absolute Gasteiger partial charge is 0.138 e. The van der Waals surface area contributed by atoms with Gasteiger partial charge in [-0.25, -0.2) is 9.37 Å². The van der Waals surface area contributed by atoms with E-state index in [0.29, 0.717) is 0 Å². The van der Waals surface area contributed by atoms with Crippen LogP contribution in [0, 0.1) is 11.7 Å². The number of nitrogens with zero attached hydrogens (tertiary/aromatic N) is 4. The van der Waals surface area contributed by atoms with E-state index in [-0.39, 0.29) is 5.82 Å². The Morgan fingerprint density at radius 1 is 0.933 bits per heavy atom. The van der Waals surface area contributed by atoms with Gasteiger partial charge in [-0.1, -0.05) is 18.9 Å². The highest BCUT2D eigenvalue weighted by Crippen LogP contribution is 2.35. The molecular formula is C36H39FN8. The first-order valence-electron chi connectivity index (χ1n) is 15.8. The van der Waals surface area contributed by atoms with E-state index in [9.17, 15) is 4.39 Å². The molecule has 4 N–H and O–H groups in total. The number of anilines is 1. The molecule has 0 saturated heterocycles. The van der Waals surface area contributed by atoms with Gasteiger partial charge in [0.05, 0.1) is 11.2 Å². The summed E-state index contributed by atoms with van der Waals surface area (Å²) in [4.78, 5) is 14.7. The van der Waals surface area contributed by atoms with Gasteiger partial charge >= 0.3 is 0 Å². The van der Waals surface area contributed by atoms with Crippen molar-refractivity contribution < 1.29 is 4.39 Å². The van der Waals surface area contributed by atoms with Crippen molar-refractivity contribution in [1.82, 2.24) is 35.4 Å². The zero-order valence-electron chi connectivity index (χ0n) is 25.8. The molecule has 4 heterocycles. The Bertz CT molecular complexity index is 1930. The molecule has 0 unspecified atom stereocenters. The number of halogens is 1. The number of pyridine rings is 2. The summed E-state index contributed by atoms with van der Waals surface area (Å²) >= 11 is 0. The number of fused-ring (bicyclic) bond motifs is 2. The Morgan fingerprint density at radius 2 is 1.82 bits per heavy atom. The third kappa shape index (κ3) is 6.45. The van der Waals surface area contributed by atoms with Crippen LogP contribution in [0.2, 0.25) is 0 Å². The Kier molecular flexibility index (Phi) is 8.28. The predicted molar refractivity (Wildman–Crippen MR) is 181 cm³/mol. The van der Waals surface area contributed by atoms with Crippen LogP contribution in [0.15, 0.2) is 73.2 Å². The summed E-state index contributed by atoms with van der Waals surface area (Å²) < 4.78 is 14.7. The summed E-state index contributed by atoms with van der Waals surface area (Å²) in [5, 5.41) is 16.8. The van der Waals surface area contributed by atoms with Gasteiger partial charge in [0.25, 0.3) is 0 Å². The van der Waals surface area contributed by atoms with E-state index in [1.165, 1.54) is 37.3 Å². The zero-order valence-corrected chi connectivity index (χ0v) is 25.8. The molecule has 1 aliphatic carbocycles. The number of nitrogens with one attached hydrogen (secondary N) is 4. The second kappa shape index (κ2) is 12.8. The lowest BCUT2D eigenvalue weighted by molar-refractivity contribution is 0.425. The Balaban J connectivity index is 1.17. The fourth-order valence-corrected chi connectivity index (χ4v) is 6.45. The molecule has 45 heavy (non-hydrogen) atoms. The Labute approximate surface area is 262 Å². The Morgan fingerprint density at radius 3 is 2.69 bits per heavy atom. The molecule has 1 saturated carbocycles. The number of benzene rings is 2. The molecule has 1 fully saturated rings. The van der Waals surface area contributed by atoms with Gasteiger partial charge in [-0.15, -0.1) is 0 Å². The number of hydrogen-bond acceptors (Lipinski definition) is 6. The molecule has 0 spiro atoms. The number of aromatic amines is 2. The van der Waals surface area contributed by atoms with Crippen LogP contribution in [0.1, 0.15) is 31.2 Å². The predicted octanol–water partition coefficient (Wildman–Crippen LogP) is 7.23. The fraction of sp³-hybridized carbons (Fsp3) is 0.306. The largest absolute Gasteiger partial charge is 0.384 e. The molecule has 6 aromatic rings. The number of likely N-dealkylation sites (N-methyl/N-ethyl adjacent to an activating group) is 1. The van der Waals surface area contributed by atoms with Crippen LogP contribution in [-0.2, 0) is 6.54 Å². The monoisotopic (exact) mass is 602 g/mol. The van der Waals surface area contributed by atoms with Crippen molar-refractivity contribution in [1.29, 1.82) is 0 Å². The summed E-state index contributed by atoms with van der Waals surface area (Å²) in [6.45, 7) is 3.47. The van der Waals surface area contributed by atoms with Crippen molar-refractivity contribution in [3.63, 3.8) is 0 Å². The van der Waals surface area contributed by atoms with Gasteiger partial charge in [0.1, 0.15) is 17.2 Å². The number of hydrogen-bond donors (Lipinski definition) is 4. The number of H-pyrrole nitrogens is 2. The van der Waals surface area contributed by atoms with E-state index in [4.69, 9.17) is 0 Å². The molecule has 1 aliphatic rings. The van der Waals surface area contributed by atoms with Crippen LogP contribution >= 0.6 is 0 Å². The standard InChI is InChI=1S/C36H39FN8/c1-45(2)12-11-40-29-15-26(14-28(37)17-29)30-9-10-41-36-31(30)18-34(42-36)35-32-16-25(7-8-33(32)43-44-35)27-13-24(21-39-22-27)20-38-19-23-5-3-4-6-23/h7-10,13-18,21-23,38,40H,3-6,11-12,19-20H2,1-2H3,(H,41,42)(H,43,44). The van der Waals surface area contributed by atoms with Gasteiger partial charge < -0.3 is 20.5 Å². The first-order valence-corrected chi connectivity index (χ1v) is 15.8. The van der Waals surface area contributed by atoms with Crippen LogP contribution in [0.3, 0.4) is 0 Å². The number of rotatable bonds is 11. The van der Waals surface area contributed by atoms with Crippen molar-refractivity contribution in [3.05, 3.63) is 84.6 Å². The highest BCUT2D eigenvalue weighted by atomic mass is 19.1. The van der Waals surface area contributed by atoms with Gasteiger partial charge in [0.2, 0.25) is 0 Å². The second-order valence-corrected chi connectivity index (χ2v) is 12.5. The summed E-state index contributed by atoms with van der Waals surface area (Å²) in [5.41, 5.74) is 9.11. The average Bonchev–Trinajstić information content (AvgIpc) is 3.80. The fourth-order valence-electron chi connectivity index (χ4n) is 6.45. The van der Waals surface area contributed by atoms with E-state index >= 15 is 0 Å². The molecule has 7 rings (SSSR count). The minimum Gasteiger partial charge on any atom is -0.384 e. The van der Waals surface area contributed by atoms with E-state index in [1.807, 2.05) is 38.6 Å². The van der Waals surface area contributed by atoms with Crippen LogP contribution < -0.4 is 10.6 Å². The first kappa shape index (κ1) is 29.1. The van der Waals surface area contributed by atoms with E-state index in [0.717, 1.165) is 93.4 Å². The minimum absolute atomic E-state index is 0.283. The summed E-state index contributed by atoms with van der Waals surface area (Å²) in [5.74, 6) is 0.523. The molecular weight excluding hydrogens is 563 g/mol. The minimum atomic E-state index is -0.283. The maximum atomic E-state index is 14.7. The SMILES string of the molecule is CN(C)CCNc1cc(F)cc(-c2ccnc3[nH]c(-c4n[nH]c5ccc(-c6cncc(CNCC7CCCC7)c6)cc45)cc23)c1. The van der Waals surface area contributed by atoms with Gasteiger partial charge in [0, 0.05) is 60.2 Å². The lowest BCUT2D eigenvalue weighted by Crippen LogP contribution is -2.20. The molecule has 0 amide bonds. The summed E-state index contributed by atoms with van der Waals surface area (Å²) in [6.07, 6.45) is 11.0. The zero-order chi connectivity index (χ0) is 30.8. The summed E-state index contributed by atoms with van der Waals surface area (Å²) in [7, 11) is 4.04. The molecule has 0 aliphatic heterocycles. The van der Waals surface area contributed by atoms with Gasteiger partial charge in [-0.05, 0) is 110 Å². The summed E-state index contributed by atoms with van der Waals surface area (Å²) in [6, 6.07) is 17.6. The second-order valence-electron chi connectivity index (χ2n) is 12.5. The third-order valence-corrected chi connectivity index (χ3v) is 8.81. The van der Waals surface area contributed by atoms with Gasteiger partial charge in [-0.3, -0.25) is 10.1 Å². The molecule has 2 aromatic carbocycles. The first-order chi connectivity index (χ1) is 22.0. The van der Waals surface area contributed by atoms with E-state index in [2.05, 4.69) is 71.0 Å². The van der Waals surface area contributed by atoms with Crippen molar-refractivity contribution in [3.8, 4) is 33.6 Å². The van der Waals surface area contributed by atoms with Gasteiger partial charge in [0.15, 0.2) is 0 Å². The quantitative estimate of drug-likeness (QED) is 0.125. The number of aromatic nitrogens is 5. The van der Waals surface area contributed by atoms with Crippen LogP contribution in [0.4, 0.5) is 10.1 Å². The van der Waals surface area contributed by atoms with E-state index < -0.39 is 0 Å². The van der Waals surface area contributed by atoms with Crippen LogP contribution in [-0.4, -0.2) is 63.8 Å².